The Labute approximate surface area is 172 Å². The predicted molar refractivity (Wildman–Crippen MR) is 119 cm³/mol. The Balaban J connectivity index is 0. The molecule has 0 aliphatic heterocycles. The van der Waals surface area contributed by atoms with Gasteiger partial charge in [-0.2, -0.15) is 0 Å². The molecule has 0 aromatic rings. The summed E-state index contributed by atoms with van der Waals surface area (Å²) in [7, 11) is 2.42. The third-order valence-electron chi connectivity index (χ3n) is 4.93. The summed E-state index contributed by atoms with van der Waals surface area (Å²) >= 11 is 0. The van der Waals surface area contributed by atoms with E-state index in [2.05, 4.69) is 32.5 Å². The molecule has 0 saturated carbocycles. The minimum Gasteiger partial charge on any atom is -0.786 e. The number of quaternary nitrogens is 1. The van der Waals surface area contributed by atoms with Crippen LogP contribution in [-0.4, -0.2) is 43.2 Å². The predicted octanol–water partition coefficient (Wildman–Crippen LogP) is 6.17. The van der Waals surface area contributed by atoms with Gasteiger partial charge in [0, 0.05) is 0 Å². The van der Waals surface area contributed by atoms with Gasteiger partial charge in [0.1, 0.15) is 0 Å². The second-order valence-corrected chi connectivity index (χ2v) is 9.08. The van der Waals surface area contributed by atoms with Crippen molar-refractivity contribution in [2.24, 2.45) is 0 Å². The first-order valence-electron chi connectivity index (χ1n) is 11.5. The summed E-state index contributed by atoms with van der Waals surface area (Å²) in [5.74, 6) is 0. The van der Waals surface area contributed by atoms with E-state index in [1.54, 1.807) is 0 Å². The van der Waals surface area contributed by atoms with Crippen LogP contribution in [0.5, 0.6) is 0 Å². The van der Waals surface area contributed by atoms with Crippen LogP contribution in [0, 0.1) is 0 Å². The van der Waals surface area contributed by atoms with Crippen molar-refractivity contribution in [3.8, 4) is 0 Å². The fourth-order valence-electron chi connectivity index (χ4n) is 3.01. The molecule has 0 amide bonds. The normalized spacial score (nSPS) is 12.6. The molecule has 0 aromatic carbocycles. The van der Waals surface area contributed by atoms with Gasteiger partial charge in [-0.15, -0.1) is 0 Å². The van der Waals surface area contributed by atoms with E-state index in [0.29, 0.717) is 6.61 Å². The summed E-state index contributed by atoms with van der Waals surface area (Å²) in [6, 6.07) is 0. The number of nitrogens with zero attached hydrogens (tertiary/aromatic N) is 1. The molecule has 0 bridgehead atoms. The molecule has 0 aliphatic rings. The molecule has 0 heterocycles. The largest absolute Gasteiger partial charge is 0.786 e. The van der Waals surface area contributed by atoms with Crippen LogP contribution in [0.3, 0.4) is 0 Å². The smallest absolute Gasteiger partial charge is 0.0792 e. The molecular weight excluding hydrogens is 357 g/mol. The van der Waals surface area contributed by atoms with E-state index in [1.807, 2.05) is 6.92 Å². The van der Waals surface area contributed by atoms with E-state index in [4.69, 9.17) is 4.89 Å². The Morgan fingerprint density at radius 2 is 1.07 bits per heavy atom. The van der Waals surface area contributed by atoms with Crippen LogP contribution >= 0.6 is 8.60 Å². The Hall–Kier alpha value is 0.270. The van der Waals surface area contributed by atoms with Crippen molar-refractivity contribution in [2.45, 2.75) is 111 Å². The zero-order valence-electron chi connectivity index (χ0n) is 19.2. The Morgan fingerprint density at radius 3 is 1.52 bits per heavy atom. The molecule has 0 rings (SSSR count). The molecule has 0 radical (unpaired) electrons. The van der Waals surface area contributed by atoms with E-state index < -0.39 is 8.60 Å². The number of hydrogen-bond acceptors (Lipinski definition) is 3. The maximum absolute atomic E-state index is 9.80. The van der Waals surface area contributed by atoms with Crippen LogP contribution in [0.4, 0.5) is 0 Å². The number of unbranched alkanes of at least 4 members (excludes halogenated alkanes) is 11. The SMILES string of the molecule is CCCCCCCCCCCC[N+](C)(C)CCCC.CCCCOP([O-])O. The van der Waals surface area contributed by atoms with Gasteiger partial charge in [0.15, 0.2) is 0 Å². The maximum atomic E-state index is 9.80. The van der Waals surface area contributed by atoms with Gasteiger partial charge >= 0.3 is 0 Å². The Kier molecular flexibility index (Phi) is 24.6. The molecule has 0 aliphatic carbocycles. The number of hydrogen-bond donors (Lipinski definition) is 1. The average Bonchev–Trinajstić information content (AvgIpc) is 2.62. The molecule has 0 saturated heterocycles. The molecule has 1 N–H and O–H groups in total. The fraction of sp³-hybridized carbons (Fsp3) is 1.00. The highest BCUT2D eigenvalue weighted by Gasteiger charge is 2.12. The zero-order chi connectivity index (χ0) is 20.8. The molecule has 0 aromatic heterocycles. The third kappa shape index (κ3) is 28.6. The average molecular weight is 408 g/mol. The van der Waals surface area contributed by atoms with Crippen LogP contribution in [0.1, 0.15) is 111 Å². The van der Waals surface area contributed by atoms with Gasteiger partial charge in [-0.25, -0.2) is 0 Å². The lowest BCUT2D eigenvalue weighted by Gasteiger charge is -2.29. The first-order valence-corrected chi connectivity index (χ1v) is 12.6. The molecule has 166 valence electrons. The molecule has 5 heteroatoms. The monoisotopic (exact) mass is 407 g/mol. The minimum atomic E-state index is -2.36. The molecule has 4 nitrogen and oxygen atoms in total. The number of rotatable bonds is 18. The van der Waals surface area contributed by atoms with Gasteiger partial charge in [-0.1, -0.05) is 85.0 Å². The fourth-order valence-corrected chi connectivity index (χ4v) is 3.30. The van der Waals surface area contributed by atoms with E-state index in [0.717, 1.165) is 12.8 Å². The first kappa shape index (κ1) is 29.5. The van der Waals surface area contributed by atoms with Gasteiger partial charge in [0.2, 0.25) is 0 Å². The molecule has 0 fully saturated rings. The lowest BCUT2D eigenvalue weighted by molar-refractivity contribution is -0.890. The minimum absolute atomic E-state index is 0.391. The summed E-state index contributed by atoms with van der Waals surface area (Å²) in [4.78, 5) is 17.9. The molecule has 1 unspecified atom stereocenters. The second-order valence-electron chi connectivity index (χ2n) is 8.34. The van der Waals surface area contributed by atoms with Crippen LogP contribution < -0.4 is 4.89 Å². The summed E-state index contributed by atoms with van der Waals surface area (Å²) in [6.45, 7) is 9.70. The third-order valence-corrected chi connectivity index (χ3v) is 5.34. The quantitative estimate of drug-likeness (QED) is 0.168. The molecule has 27 heavy (non-hydrogen) atoms. The van der Waals surface area contributed by atoms with Gasteiger partial charge in [-0.05, 0) is 25.7 Å². The molecule has 1 atom stereocenters. The van der Waals surface area contributed by atoms with E-state index in [9.17, 15) is 4.89 Å². The lowest BCUT2D eigenvalue weighted by atomic mass is 10.1. The van der Waals surface area contributed by atoms with E-state index >= 15 is 0 Å². The van der Waals surface area contributed by atoms with Crippen molar-refractivity contribution in [3.63, 3.8) is 0 Å². The van der Waals surface area contributed by atoms with Gasteiger partial charge < -0.3 is 18.8 Å². The Morgan fingerprint density at radius 1 is 0.667 bits per heavy atom. The summed E-state index contributed by atoms with van der Waals surface area (Å²) < 4.78 is 5.57. The molecular formula is C22H50NO3P. The topological polar surface area (TPSA) is 52.5 Å². The van der Waals surface area contributed by atoms with Crippen molar-refractivity contribution >= 4 is 8.60 Å². The highest BCUT2D eigenvalue weighted by Crippen LogP contribution is 2.18. The Bertz CT molecular complexity index is 276. The van der Waals surface area contributed by atoms with E-state index in [-0.39, 0.29) is 0 Å². The second kappa shape index (κ2) is 22.6. The van der Waals surface area contributed by atoms with Gasteiger partial charge in [-0.3, -0.25) is 0 Å². The summed E-state index contributed by atoms with van der Waals surface area (Å²) in [5.41, 5.74) is 0. The first-order chi connectivity index (χ1) is 12.9. The standard InChI is InChI=1S/C18H40N.C4H10O3P/c1-5-7-9-10-11-12-13-14-15-16-18-19(3,4)17-8-6-2;1-2-3-4-7-8(5)6/h5-18H2,1-4H3;5H,2-4H2,1H3/q+1;-1. The highest BCUT2D eigenvalue weighted by atomic mass is 31.2. The summed E-state index contributed by atoms with van der Waals surface area (Å²) in [6.07, 6.45) is 19.0. The van der Waals surface area contributed by atoms with Gasteiger partial charge in [0.25, 0.3) is 0 Å². The zero-order valence-corrected chi connectivity index (χ0v) is 20.1. The summed E-state index contributed by atoms with van der Waals surface area (Å²) in [5, 5.41) is 0. The van der Waals surface area contributed by atoms with Crippen molar-refractivity contribution in [1.29, 1.82) is 0 Å². The van der Waals surface area contributed by atoms with Gasteiger partial charge in [0.05, 0.1) is 42.4 Å². The van der Waals surface area contributed by atoms with Crippen molar-refractivity contribution in [3.05, 3.63) is 0 Å². The van der Waals surface area contributed by atoms with Crippen LogP contribution in [0.25, 0.3) is 0 Å². The van der Waals surface area contributed by atoms with Crippen molar-refractivity contribution < 1.29 is 18.8 Å². The van der Waals surface area contributed by atoms with Crippen LogP contribution in [0.15, 0.2) is 0 Å². The van der Waals surface area contributed by atoms with Crippen molar-refractivity contribution in [2.75, 3.05) is 33.8 Å². The van der Waals surface area contributed by atoms with Crippen LogP contribution in [-0.2, 0) is 4.52 Å². The van der Waals surface area contributed by atoms with Crippen molar-refractivity contribution in [1.82, 2.24) is 0 Å². The maximum Gasteiger partial charge on any atom is 0.0792 e. The highest BCUT2D eigenvalue weighted by molar-refractivity contribution is 7.37. The van der Waals surface area contributed by atoms with E-state index in [1.165, 1.54) is 94.6 Å². The molecule has 0 spiro atoms. The van der Waals surface area contributed by atoms with Crippen LogP contribution in [0.2, 0.25) is 0 Å². The lowest BCUT2D eigenvalue weighted by Crippen LogP contribution is -2.41.